The molecule has 1 aromatic rings. The molecule has 0 saturated carbocycles. The maximum absolute atomic E-state index is 12.1. The van der Waals surface area contributed by atoms with Gasteiger partial charge in [-0.15, -0.1) is 0 Å². The van der Waals surface area contributed by atoms with E-state index in [1.54, 1.807) is 19.1 Å². The number of nitrogens with one attached hydrogen (secondary N) is 2. The number of carbonyl (C=O) groups excluding carboxylic acids is 2. The average Bonchev–Trinajstić information content (AvgIpc) is 2.44. The number of amides is 1. The minimum atomic E-state index is -0.670. The molecule has 19 heavy (non-hydrogen) atoms. The van der Waals surface area contributed by atoms with E-state index in [4.69, 9.17) is 0 Å². The van der Waals surface area contributed by atoms with Crippen LogP contribution in [0.5, 0.6) is 0 Å². The van der Waals surface area contributed by atoms with Gasteiger partial charge in [0.15, 0.2) is 0 Å². The summed E-state index contributed by atoms with van der Waals surface area (Å²) in [5, 5.41) is 5.79. The Bertz CT molecular complexity index is 446. The first kappa shape index (κ1) is 15.0. The van der Waals surface area contributed by atoms with Gasteiger partial charge in [-0.2, -0.15) is 0 Å². The number of benzene rings is 1. The van der Waals surface area contributed by atoms with Crippen LogP contribution in [0.15, 0.2) is 24.3 Å². The van der Waals surface area contributed by atoms with Gasteiger partial charge in [0.1, 0.15) is 6.04 Å². The van der Waals surface area contributed by atoms with Gasteiger partial charge in [0.05, 0.1) is 12.7 Å². The molecule has 0 heterocycles. The molecule has 0 aliphatic rings. The van der Waals surface area contributed by atoms with Crippen LogP contribution in [0.2, 0.25) is 0 Å². The van der Waals surface area contributed by atoms with E-state index >= 15 is 0 Å². The highest BCUT2D eigenvalue weighted by molar-refractivity contribution is 6.01. The summed E-state index contributed by atoms with van der Waals surface area (Å²) in [6, 6.07) is 6.54. The van der Waals surface area contributed by atoms with Crippen molar-refractivity contribution in [3.63, 3.8) is 0 Å². The molecule has 1 rings (SSSR count). The molecular formula is C14H20N2O3. The number of hydrogen-bond donors (Lipinski definition) is 2. The number of para-hydroxylation sites is 1. The standard InChI is InChI=1S/C14H20N2O3/c1-4-9-15-12-8-6-5-7-11(12)13(17)16-10(2)14(18)19-3/h5-8,10,15H,4,9H2,1-3H3,(H,16,17)/t10-/m0/s1. The second-order valence-electron chi connectivity index (χ2n) is 4.19. The third-order valence-electron chi connectivity index (χ3n) is 2.64. The van der Waals surface area contributed by atoms with Crippen LogP contribution in [0, 0.1) is 0 Å². The lowest BCUT2D eigenvalue weighted by molar-refractivity contribution is -0.142. The highest BCUT2D eigenvalue weighted by atomic mass is 16.5. The van der Waals surface area contributed by atoms with Gasteiger partial charge >= 0.3 is 5.97 Å². The van der Waals surface area contributed by atoms with Crippen molar-refractivity contribution in [2.75, 3.05) is 19.0 Å². The topological polar surface area (TPSA) is 67.4 Å². The molecule has 5 heteroatoms. The van der Waals surface area contributed by atoms with Crippen molar-refractivity contribution in [3.05, 3.63) is 29.8 Å². The third-order valence-corrected chi connectivity index (χ3v) is 2.64. The Labute approximate surface area is 113 Å². The van der Waals surface area contributed by atoms with Crippen molar-refractivity contribution < 1.29 is 14.3 Å². The predicted molar refractivity (Wildman–Crippen MR) is 74.2 cm³/mol. The van der Waals surface area contributed by atoms with Crippen molar-refractivity contribution in [3.8, 4) is 0 Å². The van der Waals surface area contributed by atoms with Crippen molar-refractivity contribution in [1.82, 2.24) is 5.32 Å². The second-order valence-corrected chi connectivity index (χ2v) is 4.19. The SMILES string of the molecule is CCCNc1ccccc1C(=O)N[C@@H](C)C(=O)OC. The summed E-state index contributed by atoms with van der Waals surface area (Å²) in [7, 11) is 1.29. The van der Waals surface area contributed by atoms with Gasteiger partial charge in [-0.3, -0.25) is 4.79 Å². The van der Waals surface area contributed by atoms with Crippen LogP contribution in [0.3, 0.4) is 0 Å². The van der Waals surface area contributed by atoms with Gasteiger partial charge in [-0.05, 0) is 25.5 Å². The summed E-state index contributed by atoms with van der Waals surface area (Å²) in [5.74, 6) is -0.760. The molecule has 0 spiro atoms. The van der Waals surface area contributed by atoms with Crippen molar-refractivity contribution in [2.24, 2.45) is 0 Å². The quantitative estimate of drug-likeness (QED) is 0.769. The predicted octanol–water partition coefficient (Wildman–Crippen LogP) is 1.80. The summed E-state index contributed by atoms with van der Waals surface area (Å²) >= 11 is 0. The molecule has 0 bridgehead atoms. The highest BCUT2D eigenvalue weighted by Gasteiger charge is 2.18. The summed E-state index contributed by atoms with van der Waals surface area (Å²) in [4.78, 5) is 23.4. The summed E-state index contributed by atoms with van der Waals surface area (Å²) in [5.41, 5.74) is 1.28. The lowest BCUT2D eigenvalue weighted by Crippen LogP contribution is -2.39. The van der Waals surface area contributed by atoms with E-state index in [2.05, 4.69) is 22.3 Å². The Morgan fingerprint density at radius 2 is 2.00 bits per heavy atom. The van der Waals surface area contributed by atoms with E-state index in [1.807, 2.05) is 12.1 Å². The van der Waals surface area contributed by atoms with E-state index in [9.17, 15) is 9.59 Å². The lowest BCUT2D eigenvalue weighted by Gasteiger charge is -2.14. The largest absolute Gasteiger partial charge is 0.467 e. The van der Waals surface area contributed by atoms with Crippen molar-refractivity contribution >= 4 is 17.6 Å². The molecule has 1 amide bonds. The Morgan fingerprint density at radius 1 is 1.32 bits per heavy atom. The van der Waals surface area contributed by atoms with E-state index < -0.39 is 12.0 Å². The maximum atomic E-state index is 12.1. The van der Waals surface area contributed by atoms with E-state index in [-0.39, 0.29) is 5.91 Å². The molecular weight excluding hydrogens is 244 g/mol. The number of carbonyl (C=O) groups is 2. The van der Waals surface area contributed by atoms with Gasteiger partial charge in [-0.25, -0.2) is 4.79 Å². The number of ether oxygens (including phenoxy) is 1. The normalized spacial score (nSPS) is 11.5. The Kier molecular flexibility index (Phi) is 5.85. The molecule has 104 valence electrons. The average molecular weight is 264 g/mol. The van der Waals surface area contributed by atoms with E-state index in [1.165, 1.54) is 7.11 Å². The Hall–Kier alpha value is -2.04. The Balaban J connectivity index is 2.78. The smallest absolute Gasteiger partial charge is 0.328 e. The molecule has 0 unspecified atom stereocenters. The number of anilines is 1. The molecule has 0 aliphatic heterocycles. The van der Waals surface area contributed by atoms with Gasteiger partial charge < -0.3 is 15.4 Å². The monoisotopic (exact) mass is 264 g/mol. The summed E-state index contributed by atoms with van der Waals surface area (Å²) in [6.07, 6.45) is 0.967. The Morgan fingerprint density at radius 3 is 2.63 bits per heavy atom. The first-order chi connectivity index (χ1) is 9.10. The number of hydrogen-bond acceptors (Lipinski definition) is 4. The fourth-order valence-electron chi connectivity index (χ4n) is 1.61. The molecule has 1 aromatic carbocycles. The zero-order valence-electron chi connectivity index (χ0n) is 11.5. The molecule has 1 atom stereocenters. The van der Waals surface area contributed by atoms with Crippen LogP contribution in [0.4, 0.5) is 5.69 Å². The zero-order valence-corrected chi connectivity index (χ0v) is 11.5. The number of methoxy groups -OCH3 is 1. The highest BCUT2D eigenvalue weighted by Crippen LogP contribution is 2.15. The number of rotatable bonds is 6. The van der Waals surface area contributed by atoms with Crippen molar-refractivity contribution in [1.29, 1.82) is 0 Å². The first-order valence-corrected chi connectivity index (χ1v) is 6.31. The number of esters is 1. The van der Waals surface area contributed by atoms with Gasteiger partial charge in [-0.1, -0.05) is 19.1 Å². The van der Waals surface area contributed by atoms with Crippen LogP contribution >= 0.6 is 0 Å². The molecule has 0 aromatic heterocycles. The third kappa shape index (κ3) is 4.28. The van der Waals surface area contributed by atoms with Gasteiger partial charge in [0.25, 0.3) is 5.91 Å². The van der Waals surface area contributed by atoms with E-state index in [0.717, 1.165) is 18.7 Å². The summed E-state index contributed by atoms with van der Waals surface area (Å²) < 4.78 is 4.57. The fourth-order valence-corrected chi connectivity index (χ4v) is 1.61. The minimum absolute atomic E-state index is 0.294. The van der Waals surface area contributed by atoms with Gasteiger partial charge in [0, 0.05) is 12.2 Å². The lowest BCUT2D eigenvalue weighted by atomic mass is 10.1. The van der Waals surface area contributed by atoms with E-state index in [0.29, 0.717) is 5.56 Å². The second kappa shape index (κ2) is 7.41. The minimum Gasteiger partial charge on any atom is -0.467 e. The molecule has 0 saturated heterocycles. The fraction of sp³-hybridized carbons (Fsp3) is 0.429. The molecule has 2 N–H and O–H groups in total. The molecule has 0 fully saturated rings. The summed E-state index contributed by atoms with van der Waals surface area (Å²) in [6.45, 7) is 4.43. The molecule has 0 radical (unpaired) electrons. The molecule has 5 nitrogen and oxygen atoms in total. The van der Waals surface area contributed by atoms with Crippen LogP contribution in [-0.4, -0.2) is 31.6 Å². The maximum Gasteiger partial charge on any atom is 0.328 e. The van der Waals surface area contributed by atoms with Crippen molar-refractivity contribution in [2.45, 2.75) is 26.3 Å². The molecule has 0 aliphatic carbocycles. The first-order valence-electron chi connectivity index (χ1n) is 6.31. The van der Waals surface area contributed by atoms with Crippen LogP contribution < -0.4 is 10.6 Å². The van der Waals surface area contributed by atoms with Gasteiger partial charge in [0.2, 0.25) is 0 Å². The van der Waals surface area contributed by atoms with Crippen LogP contribution in [-0.2, 0) is 9.53 Å². The van der Waals surface area contributed by atoms with Crippen LogP contribution in [0.1, 0.15) is 30.6 Å². The van der Waals surface area contributed by atoms with Crippen LogP contribution in [0.25, 0.3) is 0 Å². The zero-order chi connectivity index (χ0) is 14.3.